The Morgan fingerprint density at radius 1 is 1.19 bits per heavy atom. The Bertz CT molecular complexity index is 706. The molecule has 0 radical (unpaired) electrons. The van der Waals surface area contributed by atoms with Crippen molar-refractivity contribution in [1.29, 1.82) is 0 Å². The van der Waals surface area contributed by atoms with E-state index in [4.69, 9.17) is 4.74 Å². The maximum absolute atomic E-state index is 10.4. The Labute approximate surface area is 131 Å². The summed E-state index contributed by atoms with van der Waals surface area (Å²) in [5.41, 5.74) is 2.06. The van der Waals surface area contributed by atoms with E-state index in [1.54, 1.807) is 18.4 Å². The Balaban J connectivity index is 1.76. The van der Waals surface area contributed by atoms with Crippen molar-refractivity contribution in [2.24, 2.45) is 0 Å². The first kappa shape index (κ1) is 14.3. The molecule has 0 saturated carbocycles. The predicted octanol–water partition coefficient (Wildman–Crippen LogP) is 4.16. The molecule has 0 aliphatic heterocycles. The number of thiophene rings is 1. The molecule has 21 heavy (non-hydrogen) atoms. The first-order valence-electron chi connectivity index (χ1n) is 6.57. The van der Waals surface area contributed by atoms with Crippen molar-refractivity contribution in [1.82, 2.24) is 4.98 Å². The highest BCUT2D eigenvalue weighted by Crippen LogP contribution is 2.33. The molecule has 0 spiro atoms. The molecule has 0 aliphatic carbocycles. The third-order valence-corrected chi connectivity index (χ3v) is 5.04. The summed E-state index contributed by atoms with van der Waals surface area (Å²) >= 11 is 3.08. The first-order chi connectivity index (χ1) is 10.3. The van der Waals surface area contributed by atoms with Crippen LogP contribution >= 0.6 is 22.7 Å². The number of nitrogens with zero attached hydrogens (tertiary/aromatic N) is 1. The largest absolute Gasteiger partial charge is 0.495 e. The summed E-state index contributed by atoms with van der Waals surface area (Å²) in [6, 6.07) is 11.9. The van der Waals surface area contributed by atoms with Crippen molar-refractivity contribution in [2.75, 3.05) is 7.11 Å². The summed E-state index contributed by atoms with van der Waals surface area (Å²) in [6.45, 7) is 0. The second-order valence-electron chi connectivity index (χ2n) is 4.57. The average Bonchev–Trinajstić information content (AvgIpc) is 3.16. The summed E-state index contributed by atoms with van der Waals surface area (Å²) in [7, 11) is 1.62. The number of aliphatic hydroxyl groups is 1. The number of aliphatic hydroxyl groups excluding tert-OH is 1. The number of benzene rings is 1. The molecule has 0 fully saturated rings. The van der Waals surface area contributed by atoms with E-state index in [2.05, 4.69) is 4.98 Å². The van der Waals surface area contributed by atoms with E-state index in [0.29, 0.717) is 6.42 Å². The Morgan fingerprint density at radius 2 is 2.00 bits per heavy atom. The van der Waals surface area contributed by atoms with Crippen LogP contribution in [0.4, 0.5) is 0 Å². The third-order valence-electron chi connectivity index (χ3n) is 3.17. The molecule has 1 aromatic carbocycles. The minimum atomic E-state index is -0.574. The standard InChI is InChI=1S/C16H15NO2S2/c1-19-14-7-8-20-16(14)13(18)9-15-17-12(10-21-15)11-5-3-2-4-6-11/h2-8,10,13,18H,9H2,1H3. The van der Waals surface area contributed by atoms with Gasteiger partial charge in [-0.2, -0.15) is 0 Å². The van der Waals surface area contributed by atoms with E-state index < -0.39 is 6.10 Å². The Hall–Kier alpha value is -1.69. The Morgan fingerprint density at radius 3 is 2.76 bits per heavy atom. The smallest absolute Gasteiger partial charge is 0.135 e. The van der Waals surface area contributed by atoms with Crippen molar-refractivity contribution in [3.8, 4) is 17.0 Å². The number of rotatable bonds is 5. The normalized spacial score (nSPS) is 12.3. The van der Waals surface area contributed by atoms with Crippen LogP contribution in [0.5, 0.6) is 5.75 Å². The van der Waals surface area contributed by atoms with Crippen molar-refractivity contribution >= 4 is 22.7 Å². The van der Waals surface area contributed by atoms with E-state index in [1.807, 2.05) is 47.2 Å². The zero-order valence-electron chi connectivity index (χ0n) is 11.5. The predicted molar refractivity (Wildman–Crippen MR) is 87.1 cm³/mol. The lowest BCUT2D eigenvalue weighted by atomic mass is 10.2. The van der Waals surface area contributed by atoms with E-state index in [0.717, 1.165) is 26.9 Å². The van der Waals surface area contributed by atoms with Gasteiger partial charge in [-0.25, -0.2) is 4.98 Å². The maximum Gasteiger partial charge on any atom is 0.135 e. The van der Waals surface area contributed by atoms with Gasteiger partial charge in [0.25, 0.3) is 0 Å². The molecule has 0 bridgehead atoms. The molecule has 1 N–H and O–H groups in total. The van der Waals surface area contributed by atoms with Gasteiger partial charge in [0.15, 0.2) is 0 Å². The molecule has 108 valence electrons. The van der Waals surface area contributed by atoms with E-state index in [-0.39, 0.29) is 0 Å². The molecular formula is C16H15NO2S2. The first-order valence-corrected chi connectivity index (χ1v) is 8.33. The number of thiazole rings is 1. The Kier molecular flexibility index (Phi) is 4.34. The monoisotopic (exact) mass is 317 g/mol. The van der Waals surface area contributed by atoms with Crippen LogP contribution in [0.1, 0.15) is 16.0 Å². The van der Waals surface area contributed by atoms with Gasteiger partial charge in [-0.3, -0.25) is 0 Å². The summed E-state index contributed by atoms with van der Waals surface area (Å²) < 4.78 is 5.25. The number of ether oxygens (including phenoxy) is 1. The number of hydrogen-bond acceptors (Lipinski definition) is 5. The molecule has 1 unspecified atom stereocenters. The van der Waals surface area contributed by atoms with Crippen molar-refractivity contribution in [2.45, 2.75) is 12.5 Å². The van der Waals surface area contributed by atoms with E-state index in [1.165, 1.54) is 11.3 Å². The average molecular weight is 317 g/mol. The maximum atomic E-state index is 10.4. The number of hydrogen-bond donors (Lipinski definition) is 1. The molecule has 2 aromatic heterocycles. The van der Waals surface area contributed by atoms with Gasteiger partial charge in [0.2, 0.25) is 0 Å². The van der Waals surface area contributed by atoms with Gasteiger partial charge in [-0.15, -0.1) is 22.7 Å². The van der Waals surface area contributed by atoms with Gasteiger partial charge in [-0.05, 0) is 11.4 Å². The molecule has 0 amide bonds. The second-order valence-corrected chi connectivity index (χ2v) is 6.46. The summed E-state index contributed by atoms with van der Waals surface area (Å²) in [5.74, 6) is 0.743. The molecule has 0 saturated heterocycles. The molecule has 5 heteroatoms. The molecule has 1 atom stereocenters. The van der Waals surface area contributed by atoms with Gasteiger partial charge < -0.3 is 9.84 Å². The van der Waals surface area contributed by atoms with Crippen molar-refractivity contribution in [3.05, 3.63) is 57.0 Å². The van der Waals surface area contributed by atoms with Gasteiger partial charge in [-0.1, -0.05) is 30.3 Å². The second kappa shape index (κ2) is 6.39. The highest BCUT2D eigenvalue weighted by molar-refractivity contribution is 7.10. The fourth-order valence-electron chi connectivity index (χ4n) is 2.12. The topological polar surface area (TPSA) is 42.4 Å². The van der Waals surface area contributed by atoms with Gasteiger partial charge in [0.05, 0.1) is 28.8 Å². The number of aromatic nitrogens is 1. The summed E-state index contributed by atoms with van der Waals surface area (Å²) in [5, 5.41) is 15.2. The highest BCUT2D eigenvalue weighted by Gasteiger charge is 2.17. The lowest BCUT2D eigenvalue weighted by Crippen LogP contribution is -2.01. The summed E-state index contributed by atoms with van der Waals surface area (Å²) in [6.07, 6.45) is -0.0660. The summed E-state index contributed by atoms with van der Waals surface area (Å²) in [4.78, 5) is 5.46. The van der Waals surface area contributed by atoms with Crippen LogP contribution in [0.2, 0.25) is 0 Å². The van der Waals surface area contributed by atoms with Crippen LogP contribution < -0.4 is 4.74 Å². The fraction of sp³-hybridized carbons (Fsp3) is 0.188. The van der Waals surface area contributed by atoms with Crippen LogP contribution in [0.3, 0.4) is 0 Å². The van der Waals surface area contributed by atoms with Crippen LogP contribution in [-0.2, 0) is 6.42 Å². The molecule has 0 aliphatic rings. The SMILES string of the molecule is COc1ccsc1C(O)Cc1nc(-c2ccccc2)cs1. The molecule has 2 heterocycles. The fourth-order valence-corrected chi connectivity index (χ4v) is 3.81. The van der Waals surface area contributed by atoms with Gasteiger partial charge >= 0.3 is 0 Å². The minimum Gasteiger partial charge on any atom is -0.495 e. The van der Waals surface area contributed by atoms with Crippen LogP contribution in [0.25, 0.3) is 11.3 Å². The van der Waals surface area contributed by atoms with E-state index in [9.17, 15) is 5.11 Å². The highest BCUT2D eigenvalue weighted by atomic mass is 32.1. The molecule has 3 rings (SSSR count). The van der Waals surface area contributed by atoms with Crippen LogP contribution in [0, 0.1) is 0 Å². The van der Waals surface area contributed by atoms with Crippen molar-refractivity contribution in [3.63, 3.8) is 0 Å². The van der Waals surface area contributed by atoms with Gasteiger partial charge in [0.1, 0.15) is 5.75 Å². The lowest BCUT2D eigenvalue weighted by Gasteiger charge is -2.08. The molecule has 3 nitrogen and oxygen atoms in total. The lowest BCUT2D eigenvalue weighted by molar-refractivity contribution is 0.178. The van der Waals surface area contributed by atoms with Gasteiger partial charge in [0, 0.05) is 17.4 Å². The quantitative estimate of drug-likeness (QED) is 0.768. The molecule has 3 aromatic rings. The van der Waals surface area contributed by atoms with Crippen LogP contribution in [-0.4, -0.2) is 17.2 Å². The minimum absolute atomic E-state index is 0.508. The van der Waals surface area contributed by atoms with Crippen LogP contribution in [0.15, 0.2) is 47.2 Å². The zero-order chi connectivity index (χ0) is 14.7. The molecular weight excluding hydrogens is 302 g/mol. The van der Waals surface area contributed by atoms with Crippen molar-refractivity contribution < 1.29 is 9.84 Å². The third kappa shape index (κ3) is 3.15. The van der Waals surface area contributed by atoms with E-state index >= 15 is 0 Å². The zero-order valence-corrected chi connectivity index (χ0v) is 13.2. The number of methoxy groups -OCH3 is 1.